The van der Waals surface area contributed by atoms with Gasteiger partial charge in [-0.3, -0.25) is 0 Å². The Morgan fingerprint density at radius 3 is 2.56 bits per heavy atom. The van der Waals surface area contributed by atoms with Crippen molar-refractivity contribution in [3.05, 3.63) is 29.6 Å². The van der Waals surface area contributed by atoms with Crippen molar-refractivity contribution in [1.29, 1.82) is 0 Å². The zero-order chi connectivity index (χ0) is 13.9. The van der Waals surface area contributed by atoms with Crippen LogP contribution in [0.3, 0.4) is 0 Å². The predicted octanol–water partition coefficient (Wildman–Crippen LogP) is 2.24. The van der Waals surface area contributed by atoms with Crippen LogP contribution in [0.5, 0.6) is 5.75 Å². The average Bonchev–Trinajstić information content (AvgIpc) is 2.26. The number of ether oxygens (including phenoxy) is 1. The molecule has 0 amide bonds. The van der Waals surface area contributed by atoms with Gasteiger partial charge in [-0.1, -0.05) is 6.07 Å². The number of nitrogens with zero attached hydrogens (tertiary/aromatic N) is 1. The second-order valence-electron chi connectivity index (χ2n) is 4.92. The summed E-state index contributed by atoms with van der Waals surface area (Å²) in [6.45, 7) is 4.05. The molecule has 0 aliphatic carbocycles. The highest BCUT2D eigenvalue weighted by molar-refractivity contribution is 5.90. The Morgan fingerprint density at radius 2 is 2.06 bits per heavy atom. The van der Waals surface area contributed by atoms with E-state index in [1.165, 1.54) is 18.2 Å². The molecule has 0 unspecified atom stereocenters. The lowest BCUT2D eigenvalue weighted by Gasteiger charge is -2.32. The SMILES string of the molecule is CN(C)C(C)(C)COc1c(F)cccc1C(=O)O. The van der Waals surface area contributed by atoms with Crippen LogP contribution in [0.4, 0.5) is 4.39 Å². The van der Waals surface area contributed by atoms with Gasteiger partial charge in [0.2, 0.25) is 0 Å². The van der Waals surface area contributed by atoms with Crippen LogP contribution in [0.25, 0.3) is 0 Å². The number of carbonyl (C=O) groups is 1. The Bertz CT molecular complexity index is 444. The first kappa shape index (κ1) is 14.4. The topological polar surface area (TPSA) is 49.8 Å². The Balaban J connectivity index is 2.95. The fourth-order valence-corrected chi connectivity index (χ4v) is 1.20. The van der Waals surface area contributed by atoms with Gasteiger partial charge in [-0.15, -0.1) is 0 Å². The van der Waals surface area contributed by atoms with Gasteiger partial charge in [0, 0.05) is 5.54 Å². The molecule has 4 nitrogen and oxygen atoms in total. The van der Waals surface area contributed by atoms with E-state index in [0.717, 1.165) is 0 Å². The molecule has 0 radical (unpaired) electrons. The number of para-hydroxylation sites is 1. The molecule has 18 heavy (non-hydrogen) atoms. The molecular formula is C13H18FNO3. The van der Waals surface area contributed by atoms with Crippen LogP contribution >= 0.6 is 0 Å². The van der Waals surface area contributed by atoms with Crippen molar-refractivity contribution in [2.75, 3.05) is 20.7 Å². The van der Waals surface area contributed by atoms with Crippen molar-refractivity contribution in [2.45, 2.75) is 19.4 Å². The number of aromatic carboxylic acids is 1. The van der Waals surface area contributed by atoms with Crippen LogP contribution in [0.1, 0.15) is 24.2 Å². The summed E-state index contributed by atoms with van der Waals surface area (Å²) in [5.74, 6) is -2.07. The third kappa shape index (κ3) is 3.20. The lowest BCUT2D eigenvalue weighted by atomic mass is 10.1. The van der Waals surface area contributed by atoms with E-state index in [4.69, 9.17) is 9.84 Å². The highest BCUT2D eigenvalue weighted by Crippen LogP contribution is 2.24. The van der Waals surface area contributed by atoms with Crippen molar-refractivity contribution in [3.63, 3.8) is 0 Å². The van der Waals surface area contributed by atoms with E-state index in [0.29, 0.717) is 0 Å². The van der Waals surface area contributed by atoms with Gasteiger partial charge >= 0.3 is 5.97 Å². The minimum absolute atomic E-state index is 0.162. The summed E-state index contributed by atoms with van der Waals surface area (Å²) in [5.41, 5.74) is -0.484. The van der Waals surface area contributed by atoms with E-state index in [-0.39, 0.29) is 23.5 Å². The number of carboxylic acid groups (broad SMARTS) is 1. The molecule has 1 rings (SSSR count). The van der Waals surface area contributed by atoms with Crippen molar-refractivity contribution in [2.24, 2.45) is 0 Å². The summed E-state index contributed by atoms with van der Waals surface area (Å²) in [7, 11) is 3.76. The molecule has 0 spiro atoms. The van der Waals surface area contributed by atoms with Gasteiger partial charge in [0.1, 0.15) is 12.2 Å². The molecule has 1 aromatic carbocycles. The molecular weight excluding hydrogens is 237 g/mol. The van der Waals surface area contributed by atoms with Crippen LogP contribution in [0, 0.1) is 5.82 Å². The van der Waals surface area contributed by atoms with Crippen molar-refractivity contribution < 1.29 is 19.0 Å². The van der Waals surface area contributed by atoms with Gasteiger partial charge in [-0.05, 0) is 40.1 Å². The van der Waals surface area contributed by atoms with E-state index in [1.807, 2.05) is 32.8 Å². The number of hydrogen-bond donors (Lipinski definition) is 1. The number of hydrogen-bond acceptors (Lipinski definition) is 3. The summed E-state index contributed by atoms with van der Waals surface area (Å²) >= 11 is 0. The molecule has 100 valence electrons. The third-order valence-corrected chi connectivity index (χ3v) is 2.98. The molecule has 0 heterocycles. The Hall–Kier alpha value is -1.62. The molecule has 0 aliphatic heterocycles. The largest absolute Gasteiger partial charge is 0.488 e. The molecule has 1 N–H and O–H groups in total. The fourth-order valence-electron chi connectivity index (χ4n) is 1.20. The summed E-state index contributed by atoms with van der Waals surface area (Å²) in [6.07, 6.45) is 0. The highest BCUT2D eigenvalue weighted by atomic mass is 19.1. The molecule has 0 saturated heterocycles. The molecule has 0 atom stereocenters. The maximum absolute atomic E-state index is 13.6. The Morgan fingerprint density at radius 1 is 1.44 bits per heavy atom. The van der Waals surface area contributed by atoms with Crippen LogP contribution < -0.4 is 4.74 Å². The van der Waals surface area contributed by atoms with Gasteiger partial charge in [0.15, 0.2) is 11.6 Å². The van der Waals surface area contributed by atoms with Crippen molar-refractivity contribution in [3.8, 4) is 5.75 Å². The second kappa shape index (κ2) is 5.35. The number of carboxylic acids is 1. The molecule has 0 fully saturated rings. The number of halogens is 1. The first-order valence-electron chi connectivity index (χ1n) is 5.58. The lowest BCUT2D eigenvalue weighted by Crippen LogP contribution is -2.43. The summed E-state index contributed by atoms with van der Waals surface area (Å²) < 4.78 is 18.9. The minimum atomic E-state index is -1.20. The second-order valence-corrected chi connectivity index (χ2v) is 4.92. The normalized spacial score (nSPS) is 11.7. The van der Waals surface area contributed by atoms with E-state index in [2.05, 4.69) is 0 Å². The average molecular weight is 255 g/mol. The quantitative estimate of drug-likeness (QED) is 0.876. The third-order valence-electron chi connectivity index (χ3n) is 2.98. The molecule has 0 aromatic heterocycles. The van der Waals surface area contributed by atoms with Crippen molar-refractivity contribution in [1.82, 2.24) is 4.90 Å². The molecule has 0 aliphatic rings. The number of rotatable bonds is 5. The Labute approximate surface area is 106 Å². The molecule has 1 aromatic rings. The number of likely N-dealkylation sites (N-methyl/N-ethyl adjacent to an activating group) is 1. The molecule has 5 heteroatoms. The first-order valence-corrected chi connectivity index (χ1v) is 5.58. The standard InChI is InChI=1S/C13H18FNO3/c1-13(2,15(3)4)8-18-11-9(12(16)17)6-5-7-10(11)14/h5-7H,8H2,1-4H3,(H,16,17). The lowest BCUT2D eigenvalue weighted by molar-refractivity contribution is 0.0681. The molecule has 0 bridgehead atoms. The van der Waals surface area contributed by atoms with Gasteiger partial charge in [0.25, 0.3) is 0 Å². The Kier molecular flexibility index (Phi) is 4.29. The molecule has 0 saturated carbocycles. The maximum atomic E-state index is 13.6. The summed E-state index contributed by atoms with van der Waals surface area (Å²) in [5, 5.41) is 8.97. The highest BCUT2D eigenvalue weighted by Gasteiger charge is 2.24. The summed E-state index contributed by atoms with van der Waals surface area (Å²) in [6, 6.07) is 3.86. The smallest absolute Gasteiger partial charge is 0.339 e. The van der Waals surface area contributed by atoms with E-state index < -0.39 is 11.8 Å². The number of benzene rings is 1. The van der Waals surface area contributed by atoms with E-state index in [1.54, 1.807) is 0 Å². The zero-order valence-electron chi connectivity index (χ0n) is 11.0. The van der Waals surface area contributed by atoms with Gasteiger partial charge in [-0.25, -0.2) is 9.18 Å². The van der Waals surface area contributed by atoms with Gasteiger partial charge < -0.3 is 14.7 Å². The van der Waals surface area contributed by atoms with Gasteiger partial charge in [-0.2, -0.15) is 0 Å². The van der Waals surface area contributed by atoms with Crippen LogP contribution in [0.15, 0.2) is 18.2 Å². The maximum Gasteiger partial charge on any atom is 0.339 e. The minimum Gasteiger partial charge on any atom is -0.488 e. The van der Waals surface area contributed by atoms with Gasteiger partial charge in [0.05, 0.1) is 0 Å². The van der Waals surface area contributed by atoms with Crippen LogP contribution in [-0.2, 0) is 0 Å². The zero-order valence-corrected chi connectivity index (χ0v) is 11.0. The van der Waals surface area contributed by atoms with Crippen LogP contribution in [-0.4, -0.2) is 42.2 Å². The van der Waals surface area contributed by atoms with Crippen LogP contribution in [0.2, 0.25) is 0 Å². The first-order chi connectivity index (χ1) is 8.25. The van der Waals surface area contributed by atoms with Crippen molar-refractivity contribution >= 4 is 5.97 Å². The van der Waals surface area contributed by atoms with E-state index >= 15 is 0 Å². The summed E-state index contributed by atoms with van der Waals surface area (Å²) in [4.78, 5) is 12.9. The predicted molar refractivity (Wildman–Crippen MR) is 66.6 cm³/mol. The van der Waals surface area contributed by atoms with E-state index in [9.17, 15) is 9.18 Å². The monoisotopic (exact) mass is 255 g/mol. The fraction of sp³-hybridized carbons (Fsp3) is 0.462.